The second-order valence-electron chi connectivity index (χ2n) is 7.27. The fraction of sp³-hybridized carbons (Fsp3) is 0.286. The summed E-state index contributed by atoms with van der Waals surface area (Å²) >= 11 is 1.27. The summed E-state index contributed by atoms with van der Waals surface area (Å²) in [5.74, 6) is -0.494. The van der Waals surface area contributed by atoms with Crippen LogP contribution in [-0.2, 0) is 10.2 Å². The number of carbonyl (C=O) groups is 1. The smallest absolute Gasteiger partial charge is 0.293 e. The highest BCUT2D eigenvalue weighted by molar-refractivity contribution is 7.15. The van der Waals surface area contributed by atoms with E-state index in [9.17, 15) is 14.9 Å². The van der Waals surface area contributed by atoms with Gasteiger partial charge in [-0.1, -0.05) is 41.7 Å². The first-order chi connectivity index (χ1) is 14.8. The summed E-state index contributed by atoms with van der Waals surface area (Å²) in [6, 6.07) is 14.2. The van der Waals surface area contributed by atoms with Gasteiger partial charge in [-0.25, -0.2) is 0 Å². The van der Waals surface area contributed by atoms with E-state index in [4.69, 9.17) is 4.74 Å². The van der Waals surface area contributed by atoms with Crippen LogP contribution in [0.3, 0.4) is 0 Å². The molecule has 31 heavy (non-hydrogen) atoms. The number of nitro groups is 1. The highest BCUT2D eigenvalue weighted by Crippen LogP contribution is 2.34. The molecule has 0 saturated carbocycles. The van der Waals surface area contributed by atoms with Crippen molar-refractivity contribution in [3.8, 4) is 0 Å². The number of amides is 1. The van der Waals surface area contributed by atoms with Crippen molar-refractivity contribution < 1.29 is 14.5 Å². The van der Waals surface area contributed by atoms with Crippen LogP contribution in [-0.4, -0.2) is 41.3 Å². The molecule has 9 nitrogen and oxygen atoms in total. The average molecular weight is 442 g/mol. The van der Waals surface area contributed by atoms with E-state index in [2.05, 4.69) is 20.8 Å². The van der Waals surface area contributed by atoms with E-state index in [1.54, 1.807) is 7.11 Å². The van der Waals surface area contributed by atoms with Gasteiger partial charge in [-0.05, 0) is 31.5 Å². The lowest BCUT2D eigenvalue weighted by molar-refractivity contribution is -0.384. The molecule has 0 atom stereocenters. The van der Waals surface area contributed by atoms with Crippen molar-refractivity contribution in [2.24, 2.45) is 0 Å². The first kappa shape index (κ1) is 22.3. The highest BCUT2D eigenvalue weighted by Gasteiger charge is 2.28. The zero-order chi connectivity index (χ0) is 22.4. The van der Waals surface area contributed by atoms with E-state index in [1.165, 1.54) is 29.5 Å². The minimum Gasteiger partial charge on any atom is -0.383 e. The van der Waals surface area contributed by atoms with Crippen molar-refractivity contribution in [2.45, 2.75) is 19.3 Å². The van der Waals surface area contributed by atoms with Gasteiger partial charge in [0.1, 0.15) is 10.7 Å². The van der Waals surface area contributed by atoms with Crippen LogP contribution in [0.1, 0.15) is 34.8 Å². The van der Waals surface area contributed by atoms with Crippen LogP contribution in [0.25, 0.3) is 0 Å². The molecule has 0 spiro atoms. The van der Waals surface area contributed by atoms with Gasteiger partial charge in [0.15, 0.2) is 0 Å². The Hall–Kier alpha value is -3.37. The minimum atomic E-state index is -0.530. The molecule has 1 amide bonds. The van der Waals surface area contributed by atoms with E-state index in [-0.39, 0.29) is 16.7 Å². The number of ether oxygens (including phenoxy) is 1. The van der Waals surface area contributed by atoms with Crippen LogP contribution in [0.4, 0.5) is 16.5 Å². The molecule has 0 bridgehead atoms. The molecule has 1 heterocycles. The summed E-state index contributed by atoms with van der Waals surface area (Å²) in [4.78, 5) is 23.5. The Morgan fingerprint density at radius 1 is 1.19 bits per heavy atom. The van der Waals surface area contributed by atoms with Gasteiger partial charge in [0.2, 0.25) is 5.13 Å². The normalized spacial score (nSPS) is 11.2. The van der Waals surface area contributed by atoms with Crippen molar-refractivity contribution >= 4 is 33.8 Å². The summed E-state index contributed by atoms with van der Waals surface area (Å²) < 4.78 is 4.94. The van der Waals surface area contributed by atoms with Crippen molar-refractivity contribution in [3.05, 3.63) is 74.8 Å². The number of benzene rings is 2. The molecule has 0 unspecified atom stereocenters. The summed E-state index contributed by atoms with van der Waals surface area (Å²) in [6.45, 7) is 4.88. The summed E-state index contributed by atoms with van der Waals surface area (Å²) in [6.07, 6.45) is 0. The topological polar surface area (TPSA) is 119 Å². The second-order valence-corrected chi connectivity index (χ2v) is 8.24. The van der Waals surface area contributed by atoms with E-state index in [0.717, 1.165) is 10.6 Å². The number of methoxy groups -OCH3 is 1. The first-order valence-electron chi connectivity index (χ1n) is 9.55. The molecular formula is C21H23N5O4S. The third kappa shape index (κ3) is 5.22. The molecule has 0 aliphatic rings. The molecule has 162 valence electrons. The van der Waals surface area contributed by atoms with Crippen molar-refractivity contribution in [3.63, 3.8) is 0 Å². The Morgan fingerprint density at radius 2 is 1.94 bits per heavy atom. The number of nitro benzene ring substituents is 1. The number of aromatic nitrogens is 2. The molecule has 1 aromatic heterocycles. The largest absolute Gasteiger partial charge is 0.383 e. The molecule has 10 heteroatoms. The molecule has 2 N–H and O–H groups in total. The van der Waals surface area contributed by atoms with E-state index >= 15 is 0 Å². The summed E-state index contributed by atoms with van der Waals surface area (Å²) in [5.41, 5.74) is 0.989. The first-order valence-corrected chi connectivity index (χ1v) is 10.4. The van der Waals surface area contributed by atoms with Crippen molar-refractivity contribution in [1.82, 2.24) is 10.2 Å². The predicted molar refractivity (Wildman–Crippen MR) is 120 cm³/mol. The second kappa shape index (κ2) is 9.63. The number of hydrogen-bond acceptors (Lipinski definition) is 8. The number of hydrogen-bond donors (Lipinski definition) is 2. The standard InChI is InChI=1S/C21H23N5O4S/c1-21(2,15-7-5-4-6-8-15)19-24-25-20(31-19)23-18(27)14-9-10-16(22-11-12-30-3)17(13-14)26(28)29/h4-10,13,22H,11-12H2,1-3H3,(H,23,25,27). The Kier molecular flexibility index (Phi) is 6.93. The molecule has 3 rings (SSSR count). The Bertz CT molecular complexity index is 1070. The van der Waals surface area contributed by atoms with Gasteiger partial charge in [-0.2, -0.15) is 0 Å². The number of anilines is 2. The zero-order valence-corrected chi connectivity index (χ0v) is 18.2. The maximum Gasteiger partial charge on any atom is 0.293 e. The summed E-state index contributed by atoms with van der Waals surface area (Å²) in [5, 5.41) is 26.4. The Labute approximate surface area is 183 Å². The van der Waals surface area contributed by atoms with Crippen LogP contribution in [0.5, 0.6) is 0 Å². The maximum absolute atomic E-state index is 12.7. The molecule has 0 radical (unpaired) electrons. The van der Waals surface area contributed by atoms with Gasteiger partial charge in [0.25, 0.3) is 11.6 Å². The molecule has 0 saturated heterocycles. The molecule has 0 aliphatic carbocycles. The Balaban J connectivity index is 1.76. The van der Waals surface area contributed by atoms with Gasteiger partial charge in [-0.3, -0.25) is 20.2 Å². The number of rotatable bonds is 9. The van der Waals surface area contributed by atoms with Crippen LogP contribution in [0.15, 0.2) is 48.5 Å². The number of nitrogens with zero attached hydrogens (tertiary/aromatic N) is 3. The molecular weight excluding hydrogens is 418 g/mol. The Morgan fingerprint density at radius 3 is 2.61 bits per heavy atom. The minimum absolute atomic E-state index is 0.156. The van der Waals surface area contributed by atoms with E-state index in [1.807, 2.05) is 44.2 Å². The molecule has 0 aliphatic heterocycles. The van der Waals surface area contributed by atoms with Crippen molar-refractivity contribution in [1.29, 1.82) is 0 Å². The van der Waals surface area contributed by atoms with E-state index in [0.29, 0.717) is 24.0 Å². The van der Waals surface area contributed by atoms with Crippen LogP contribution < -0.4 is 10.6 Å². The molecule has 3 aromatic rings. The van der Waals surface area contributed by atoms with Gasteiger partial charge >= 0.3 is 0 Å². The van der Waals surface area contributed by atoms with Crippen LogP contribution >= 0.6 is 11.3 Å². The van der Waals surface area contributed by atoms with Crippen LogP contribution in [0.2, 0.25) is 0 Å². The SMILES string of the molecule is COCCNc1ccc(C(=O)Nc2nnc(C(C)(C)c3ccccc3)s2)cc1[N+](=O)[O-]. The third-order valence-electron chi connectivity index (χ3n) is 4.75. The van der Waals surface area contributed by atoms with E-state index < -0.39 is 10.8 Å². The lowest BCUT2D eigenvalue weighted by Crippen LogP contribution is -2.18. The third-order valence-corrected chi connectivity index (χ3v) is 5.92. The van der Waals surface area contributed by atoms with Crippen molar-refractivity contribution in [2.75, 3.05) is 30.9 Å². The van der Waals surface area contributed by atoms with Gasteiger partial charge < -0.3 is 10.1 Å². The van der Waals surface area contributed by atoms with Gasteiger partial charge in [0.05, 0.1) is 11.5 Å². The molecule has 0 fully saturated rings. The average Bonchev–Trinajstić information content (AvgIpc) is 3.24. The lowest BCUT2D eigenvalue weighted by atomic mass is 9.85. The van der Waals surface area contributed by atoms with Gasteiger partial charge in [-0.15, -0.1) is 10.2 Å². The molecule has 2 aromatic carbocycles. The number of carbonyl (C=O) groups excluding carboxylic acids is 1. The van der Waals surface area contributed by atoms with Crippen LogP contribution in [0, 0.1) is 10.1 Å². The fourth-order valence-electron chi connectivity index (χ4n) is 2.94. The zero-order valence-electron chi connectivity index (χ0n) is 17.4. The monoisotopic (exact) mass is 441 g/mol. The lowest BCUT2D eigenvalue weighted by Gasteiger charge is -2.21. The highest BCUT2D eigenvalue weighted by atomic mass is 32.1. The maximum atomic E-state index is 12.7. The van der Waals surface area contributed by atoms with Gasteiger partial charge in [0, 0.05) is 30.7 Å². The predicted octanol–water partition coefficient (Wildman–Crippen LogP) is 4.08. The fourth-order valence-corrected chi connectivity index (χ4v) is 3.80. The summed E-state index contributed by atoms with van der Waals surface area (Å²) in [7, 11) is 1.55. The quantitative estimate of drug-likeness (QED) is 0.292. The number of nitrogens with one attached hydrogen (secondary N) is 2.